The summed E-state index contributed by atoms with van der Waals surface area (Å²) in [6.45, 7) is 9.60. The van der Waals surface area contributed by atoms with E-state index in [1.807, 2.05) is 11.8 Å². The summed E-state index contributed by atoms with van der Waals surface area (Å²) in [6.07, 6.45) is 16.8. The van der Waals surface area contributed by atoms with Crippen molar-refractivity contribution in [3.63, 3.8) is 0 Å². The summed E-state index contributed by atoms with van der Waals surface area (Å²) in [5.41, 5.74) is 6.91. The molecule has 0 aromatic rings. The molecular formula is C21H29Cl2PSSiZr. The van der Waals surface area contributed by atoms with Gasteiger partial charge in [0.1, 0.15) is 0 Å². The van der Waals surface area contributed by atoms with Gasteiger partial charge in [-0.2, -0.15) is 0 Å². The Morgan fingerprint density at radius 3 is 2.44 bits per heavy atom. The Labute approximate surface area is 184 Å². The van der Waals surface area contributed by atoms with E-state index < -0.39 is 17.4 Å². The van der Waals surface area contributed by atoms with Crippen LogP contribution in [0.25, 0.3) is 0 Å². The van der Waals surface area contributed by atoms with Gasteiger partial charge in [0.25, 0.3) is 0 Å². The fourth-order valence-electron chi connectivity index (χ4n) is 4.92. The van der Waals surface area contributed by atoms with Crippen molar-refractivity contribution < 1.29 is 17.4 Å². The second-order valence-corrected chi connectivity index (χ2v) is 40.4. The van der Waals surface area contributed by atoms with Crippen molar-refractivity contribution in [1.82, 2.24) is 0 Å². The summed E-state index contributed by atoms with van der Waals surface area (Å²) in [5, 5.41) is 1.67. The molecule has 4 rings (SSSR count). The normalized spacial score (nSPS) is 26.2. The zero-order valence-electron chi connectivity index (χ0n) is 16.9. The summed E-state index contributed by atoms with van der Waals surface area (Å²) < 4.78 is 8.76. The molecule has 27 heavy (non-hydrogen) atoms. The maximum atomic E-state index is 2.66. The van der Waals surface area contributed by atoms with Crippen LogP contribution in [0, 0.1) is 0 Å². The Balaban J connectivity index is 0.00000131. The van der Waals surface area contributed by atoms with Crippen molar-refractivity contribution in [2.75, 3.05) is 12.9 Å². The molecule has 4 aliphatic rings. The Bertz CT molecular complexity index is 1000. The Hall–Kier alpha value is 0.640. The molecular weight excluding hydrogens is 505 g/mol. The van der Waals surface area contributed by atoms with E-state index in [-0.39, 0.29) is 32.7 Å². The van der Waals surface area contributed by atoms with Crippen LogP contribution in [0.4, 0.5) is 0 Å². The zero-order valence-corrected chi connectivity index (χ0v) is 24.1. The van der Waals surface area contributed by atoms with Gasteiger partial charge >= 0.3 is 161 Å². The van der Waals surface area contributed by atoms with Crippen LogP contribution < -0.4 is 0 Å². The molecule has 2 atom stereocenters. The summed E-state index contributed by atoms with van der Waals surface area (Å²) in [6, 6.07) is 0. The first-order chi connectivity index (χ1) is 11.6. The minimum absolute atomic E-state index is 0. The molecule has 0 spiro atoms. The van der Waals surface area contributed by atoms with E-state index in [0.717, 1.165) is 5.66 Å². The Kier molecular flexibility index (Phi) is 6.83. The molecule has 3 aliphatic carbocycles. The van der Waals surface area contributed by atoms with Gasteiger partial charge in [-0.3, -0.25) is 0 Å². The molecule has 0 nitrogen and oxygen atoms in total. The molecule has 0 amide bonds. The van der Waals surface area contributed by atoms with Crippen molar-refractivity contribution in [3.8, 4) is 0 Å². The third kappa shape index (κ3) is 3.43. The largest absolute Gasteiger partial charge is 0.147 e. The molecule has 0 fully saturated rings. The minimum Gasteiger partial charge on any atom is -0.147 e. The Morgan fingerprint density at radius 2 is 1.81 bits per heavy atom. The van der Waals surface area contributed by atoms with Gasteiger partial charge in [-0.15, -0.1) is 24.8 Å². The summed E-state index contributed by atoms with van der Waals surface area (Å²) in [7, 11) is -0.0221. The summed E-state index contributed by atoms with van der Waals surface area (Å²) >= 11 is -1.37. The number of allylic oxidation sites excluding steroid dienone is 13. The van der Waals surface area contributed by atoms with E-state index in [0.29, 0.717) is 0 Å². The van der Waals surface area contributed by atoms with Crippen molar-refractivity contribution in [1.29, 1.82) is 0 Å². The molecule has 0 saturated heterocycles. The van der Waals surface area contributed by atoms with Gasteiger partial charge < -0.3 is 0 Å². The van der Waals surface area contributed by atoms with Crippen LogP contribution in [0.5, 0.6) is 0 Å². The Morgan fingerprint density at radius 1 is 1.15 bits per heavy atom. The predicted octanol–water partition coefficient (Wildman–Crippen LogP) is 6.79. The molecule has 1 heterocycles. The van der Waals surface area contributed by atoms with Crippen LogP contribution in [0.15, 0.2) is 75.5 Å². The number of thioether (sulfide) groups is 1. The van der Waals surface area contributed by atoms with Crippen LogP contribution in [-0.4, -0.2) is 25.5 Å². The average molecular weight is 535 g/mol. The van der Waals surface area contributed by atoms with E-state index in [9.17, 15) is 0 Å². The van der Waals surface area contributed by atoms with Crippen molar-refractivity contribution in [3.05, 3.63) is 75.5 Å². The maximum Gasteiger partial charge on any atom is -0.147 e. The van der Waals surface area contributed by atoms with Crippen molar-refractivity contribution in [2.45, 2.75) is 28.8 Å². The maximum absolute atomic E-state index is 3.27. The van der Waals surface area contributed by atoms with Gasteiger partial charge in [0, 0.05) is 0 Å². The molecule has 0 N–H and O–H groups in total. The van der Waals surface area contributed by atoms with Gasteiger partial charge in [0.05, 0.1) is 0 Å². The smallest absolute Gasteiger partial charge is 0.147 e. The number of hydrogen-bond acceptors (Lipinski definition) is 1. The first-order valence-electron chi connectivity index (χ1n) is 8.99. The number of fused-ring (bicyclic) bond motifs is 2. The third-order valence-electron chi connectivity index (χ3n) is 6.23. The van der Waals surface area contributed by atoms with E-state index >= 15 is 0 Å². The van der Waals surface area contributed by atoms with Gasteiger partial charge in [-0.25, -0.2) is 0 Å². The summed E-state index contributed by atoms with van der Waals surface area (Å²) in [4.78, 5) is 1.46. The first-order valence-corrected chi connectivity index (χ1v) is 25.4. The quantitative estimate of drug-likeness (QED) is 0.284. The number of halogens is 2. The van der Waals surface area contributed by atoms with Crippen LogP contribution in [0.3, 0.4) is 0 Å². The minimum atomic E-state index is -3.27. The van der Waals surface area contributed by atoms with Crippen molar-refractivity contribution >= 4 is 51.4 Å². The van der Waals surface area contributed by atoms with Crippen LogP contribution >= 0.6 is 44.5 Å². The molecule has 0 saturated carbocycles. The van der Waals surface area contributed by atoms with Crippen LogP contribution in [0.1, 0.15) is 13.8 Å². The number of hydrogen-bond donors (Lipinski definition) is 0. The predicted molar refractivity (Wildman–Crippen MR) is 132 cm³/mol. The molecule has 0 aromatic carbocycles. The molecule has 6 heteroatoms. The van der Waals surface area contributed by atoms with E-state index in [1.165, 1.54) is 10.5 Å². The molecule has 146 valence electrons. The molecule has 1 aliphatic heterocycles. The van der Waals surface area contributed by atoms with Crippen LogP contribution in [-0.2, 0) is 17.4 Å². The van der Waals surface area contributed by atoms with Gasteiger partial charge in [-0.1, -0.05) is 0 Å². The average Bonchev–Trinajstić information content (AvgIpc) is 3.22. The molecule has 0 aromatic heterocycles. The van der Waals surface area contributed by atoms with E-state index in [2.05, 4.69) is 79.4 Å². The zero-order chi connectivity index (χ0) is 18.2. The van der Waals surface area contributed by atoms with Crippen LogP contribution in [0.2, 0.25) is 9.26 Å². The molecule has 2 unspecified atom stereocenters. The monoisotopic (exact) mass is 532 g/mol. The standard InChI is InChI=1S/C10H12P.C9H7S.2CH3.2ClH.H2Si.Zr/c1-7-4-9-6-8(2)11(3)10(9)5-7;1-10-9-6-5-7-3-2-4-8(7)9;;;;;;/h5-6,8H,1-3H3;2-3,5-6H,1H3;2*1H3;2*1H;1H2;. The van der Waals surface area contributed by atoms with Crippen molar-refractivity contribution in [2.24, 2.45) is 0 Å². The fraction of sp³-hybridized carbons (Fsp3) is 0.333. The van der Waals surface area contributed by atoms with E-state index in [4.69, 9.17) is 0 Å². The number of rotatable bonds is 3. The first kappa shape index (κ1) is 23.9. The van der Waals surface area contributed by atoms with E-state index in [1.54, 1.807) is 28.6 Å². The second kappa shape index (κ2) is 7.72. The molecule has 0 radical (unpaired) electrons. The third-order valence-corrected chi connectivity index (χ3v) is 24.7. The second-order valence-electron chi connectivity index (χ2n) is 8.68. The van der Waals surface area contributed by atoms with Gasteiger partial charge in [0.15, 0.2) is 0 Å². The fourth-order valence-corrected chi connectivity index (χ4v) is 23.1. The molecule has 0 bridgehead atoms. The van der Waals surface area contributed by atoms with Gasteiger partial charge in [0.2, 0.25) is 0 Å². The van der Waals surface area contributed by atoms with Gasteiger partial charge in [-0.05, 0) is 0 Å². The summed E-state index contributed by atoms with van der Waals surface area (Å²) in [5.74, 6) is 0. The topological polar surface area (TPSA) is 0 Å². The SMILES string of the molecule is CSC1=C2C(=CC=[C]2[Zr]([CH3])([CH3])(=[SiH2])[C]2=C(C)C=C3C2=CC(C)P3C)C=C1.Cl.Cl.